The molecule has 112 valence electrons. The second-order valence-corrected chi connectivity index (χ2v) is 6.24. The van der Waals surface area contributed by atoms with E-state index in [2.05, 4.69) is 13.8 Å². The fourth-order valence-corrected chi connectivity index (χ4v) is 3.81. The summed E-state index contributed by atoms with van der Waals surface area (Å²) < 4.78 is 11.5. The van der Waals surface area contributed by atoms with Crippen LogP contribution in [0.4, 0.5) is 0 Å². The van der Waals surface area contributed by atoms with Crippen LogP contribution in [0.5, 0.6) is 0 Å². The van der Waals surface area contributed by atoms with Gasteiger partial charge in [-0.05, 0) is 48.6 Å². The highest BCUT2D eigenvalue weighted by molar-refractivity contribution is 5.98. The summed E-state index contributed by atoms with van der Waals surface area (Å²) in [5.41, 5.74) is 6.53. The van der Waals surface area contributed by atoms with Crippen molar-refractivity contribution in [1.82, 2.24) is 0 Å². The first-order valence-corrected chi connectivity index (χ1v) is 7.56. The maximum absolute atomic E-state index is 12.6. The van der Waals surface area contributed by atoms with Crippen LogP contribution in [0.15, 0.2) is 30.3 Å². The highest BCUT2D eigenvalue weighted by Crippen LogP contribution is 2.47. The Morgan fingerprint density at radius 3 is 2.41 bits per heavy atom. The van der Waals surface area contributed by atoms with Crippen molar-refractivity contribution in [2.45, 2.75) is 39.6 Å². The monoisotopic (exact) mass is 294 g/mol. The van der Waals surface area contributed by atoms with Crippen LogP contribution in [0.1, 0.15) is 50.7 Å². The van der Waals surface area contributed by atoms with Gasteiger partial charge < -0.3 is 9.47 Å². The van der Waals surface area contributed by atoms with Crippen LogP contribution in [-0.2, 0) is 28.3 Å². The summed E-state index contributed by atoms with van der Waals surface area (Å²) in [6, 6.07) is 9.96. The van der Waals surface area contributed by atoms with Crippen molar-refractivity contribution in [3.63, 3.8) is 0 Å². The summed E-state index contributed by atoms with van der Waals surface area (Å²) >= 11 is 0. The lowest BCUT2D eigenvalue weighted by molar-refractivity contribution is 0.0177. The van der Waals surface area contributed by atoms with E-state index in [1.54, 1.807) is 0 Å². The third-order valence-corrected chi connectivity index (χ3v) is 5.10. The van der Waals surface area contributed by atoms with E-state index in [-0.39, 0.29) is 5.97 Å². The smallest absolute Gasteiger partial charge is 0.340 e. The van der Waals surface area contributed by atoms with Gasteiger partial charge in [0, 0.05) is 5.56 Å². The summed E-state index contributed by atoms with van der Waals surface area (Å²) in [6.45, 7) is 7.26. The quantitative estimate of drug-likeness (QED) is 0.751. The third-order valence-electron chi connectivity index (χ3n) is 5.10. The topological polar surface area (TPSA) is 35.5 Å². The summed E-state index contributed by atoms with van der Waals surface area (Å²) in [7, 11) is 0. The minimum atomic E-state index is -0.722. The molecule has 2 aliphatic rings. The molecule has 0 aromatic heterocycles. The number of carbonyl (C=O) groups is 1. The molecule has 2 heterocycles. The molecule has 0 radical (unpaired) electrons. The molecular formula is C19H18O3. The van der Waals surface area contributed by atoms with E-state index in [1.165, 1.54) is 5.56 Å². The van der Waals surface area contributed by atoms with E-state index in [0.29, 0.717) is 13.2 Å². The summed E-state index contributed by atoms with van der Waals surface area (Å²) in [5, 5.41) is 0. The lowest BCUT2D eigenvalue weighted by atomic mass is 9.80. The van der Waals surface area contributed by atoms with Crippen LogP contribution in [0, 0.1) is 13.8 Å². The van der Waals surface area contributed by atoms with Gasteiger partial charge in [-0.1, -0.05) is 30.3 Å². The molecule has 0 unspecified atom stereocenters. The predicted octanol–water partition coefficient (Wildman–Crippen LogP) is 3.77. The molecule has 2 aromatic rings. The fourth-order valence-electron chi connectivity index (χ4n) is 3.81. The minimum absolute atomic E-state index is 0.230. The first kappa shape index (κ1) is 13.5. The predicted molar refractivity (Wildman–Crippen MR) is 82.7 cm³/mol. The highest BCUT2D eigenvalue weighted by atomic mass is 16.6. The number of ether oxygens (including phenoxy) is 2. The Morgan fingerprint density at radius 1 is 1.00 bits per heavy atom. The van der Waals surface area contributed by atoms with Gasteiger partial charge in [-0.15, -0.1) is 0 Å². The van der Waals surface area contributed by atoms with Crippen LogP contribution in [0.3, 0.4) is 0 Å². The van der Waals surface area contributed by atoms with Crippen molar-refractivity contribution in [2.75, 3.05) is 0 Å². The van der Waals surface area contributed by atoms with Crippen molar-refractivity contribution in [3.8, 4) is 0 Å². The number of fused-ring (bicyclic) bond motifs is 3. The third kappa shape index (κ3) is 1.57. The van der Waals surface area contributed by atoms with Crippen LogP contribution < -0.4 is 0 Å². The number of hydrogen-bond acceptors (Lipinski definition) is 3. The van der Waals surface area contributed by atoms with Gasteiger partial charge >= 0.3 is 5.97 Å². The molecule has 22 heavy (non-hydrogen) atoms. The zero-order valence-corrected chi connectivity index (χ0v) is 13.0. The van der Waals surface area contributed by atoms with Crippen LogP contribution in [0.2, 0.25) is 0 Å². The molecule has 3 nitrogen and oxygen atoms in total. The van der Waals surface area contributed by atoms with Gasteiger partial charge in [-0.3, -0.25) is 0 Å². The SMILES string of the molecule is Cc1c(C)c2c(c3c1COC3)C(=O)O[C@]2(C)c1ccccc1. The number of carbonyl (C=O) groups excluding carboxylic acids is 1. The molecule has 1 atom stereocenters. The van der Waals surface area contributed by atoms with Gasteiger partial charge in [0.05, 0.1) is 18.8 Å². The van der Waals surface area contributed by atoms with Gasteiger partial charge in [0.25, 0.3) is 0 Å². The van der Waals surface area contributed by atoms with Crippen LogP contribution in [0.25, 0.3) is 0 Å². The molecular weight excluding hydrogens is 276 g/mol. The molecule has 2 aromatic carbocycles. The summed E-state index contributed by atoms with van der Waals surface area (Å²) in [4.78, 5) is 12.6. The number of rotatable bonds is 1. The van der Waals surface area contributed by atoms with Crippen molar-refractivity contribution in [2.24, 2.45) is 0 Å². The first-order valence-electron chi connectivity index (χ1n) is 7.56. The Hall–Kier alpha value is -2.13. The average Bonchev–Trinajstić information content (AvgIpc) is 3.09. The lowest BCUT2D eigenvalue weighted by Gasteiger charge is -2.27. The van der Waals surface area contributed by atoms with Gasteiger partial charge in [0.1, 0.15) is 0 Å². The maximum Gasteiger partial charge on any atom is 0.340 e. The zero-order chi connectivity index (χ0) is 15.5. The zero-order valence-electron chi connectivity index (χ0n) is 13.0. The molecule has 0 fully saturated rings. The number of esters is 1. The summed E-state index contributed by atoms with van der Waals surface area (Å²) in [6.07, 6.45) is 0. The Kier molecular flexibility index (Phi) is 2.73. The Bertz CT molecular complexity index is 792. The maximum atomic E-state index is 12.6. The minimum Gasteiger partial charge on any atom is -0.446 e. The number of cyclic esters (lactones) is 1. The van der Waals surface area contributed by atoms with Crippen molar-refractivity contribution < 1.29 is 14.3 Å². The largest absolute Gasteiger partial charge is 0.446 e. The van der Waals surface area contributed by atoms with Crippen LogP contribution >= 0.6 is 0 Å². The molecule has 0 spiro atoms. The molecule has 0 saturated carbocycles. The normalized spacial score (nSPS) is 22.4. The number of hydrogen-bond donors (Lipinski definition) is 0. The second-order valence-electron chi connectivity index (χ2n) is 6.24. The Morgan fingerprint density at radius 2 is 1.68 bits per heavy atom. The lowest BCUT2D eigenvalue weighted by Crippen LogP contribution is -2.24. The Labute approximate surface area is 129 Å². The van der Waals surface area contributed by atoms with Gasteiger partial charge in [-0.25, -0.2) is 4.79 Å². The second kappa shape index (κ2) is 4.43. The molecule has 3 heteroatoms. The molecule has 0 aliphatic carbocycles. The van der Waals surface area contributed by atoms with Crippen molar-refractivity contribution in [3.05, 3.63) is 69.3 Å². The standard InChI is InChI=1S/C19H18O3/c1-11-12(2)17-16(15-10-21-9-14(11)15)18(20)22-19(17,3)13-7-5-4-6-8-13/h4-8H,9-10H2,1-3H3/t19-/m1/s1. The van der Waals surface area contributed by atoms with Gasteiger partial charge in [0.15, 0.2) is 5.60 Å². The fraction of sp³-hybridized carbons (Fsp3) is 0.316. The van der Waals surface area contributed by atoms with E-state index in [1.807, 2.05) is 37.3 Å². The molecule has 0 bridgehead atoms. The van der Waals surface area contributed by atoms with Gasteiger partial charge in [-0.2, -0.15) is 0 Å². The van der Waals surface area contributed by atoms with E-state index >= 15 is 0 Å². The van der Waals surface area contributed by atoms with Crippen molar-refractivity contribution >= 4 is 5.97 Å². The van der Waals surface area contributed by atoms with Gasteiger partial charge in [0.2, 0.25) is 0 Å². The molecule has 0 N–H and O–H groups in total. The van der Waals surface area contributed by atoms with Crippen molar-refractivity contribution in [1.29, 1.82) is 0 Å². The van der Waals surface area contributed by atoms with Crippen LogP contribution in [-0.4, -0.2) is 5.97 Å². The van der Waals surface area contributed by atoms with E-state index in [9.17, 15) is 4.79 Å². The molecule has 4 rings (SSSR count). The average molecular weight is 294 g/mol. The molecule has 2 aliphatic heterocycles. The summed E-state index contributed by atoms with van der Waals surface area (Å²) in [5.74, 6) is -0.230. The molecule has 0 amide bonds. The van der Waals surface area contributed by atoms with E-state index in [4.69, 9.17) is 9.47 Å². The van der Waals surface area contributed by atoms with E-state index in [0.717, 1.165) is 33.4 Å². The Balaban J connectivity index is 2.06. The number of benzene rings is 2. The van der Waals surface area contributed by atoms with E-state index < -0.39 is 5.60 Å². The first-order chi connectivity index (χ1) is 10.5. The highest BCUT2D eigenvalue weighted by Gasteiger charge is 2.47. The molecule has 0 saturated heterocycles.